The lowest BCUT2D eigenvalue weighted by Gasteiger charge is -2.31. The molecule has 9 heteroatoms. The van der Waals surface area contributed by atoms with E-state index in [0.29, 0.717) is 23.2 Å². The molecule has 0 unspecified atom stereocenters. The zero-order valence-corrected chi connectivity index (χ0v) is 19.0. The van der Waals surface area contributed by atoms with E-state index in [1.807, 2.05) is 12.1 Å². The molecule has 2 aliphatic heterocycles. The van der Waals surface area contributed by atoms with E-state index in [2.05, 4.69) is 20.2 Å². The molecule has 1 atom stereocenters. The summed E-state index contributed by atoms with van der Waals surface area (Å²) in [7, 11) is 0. The molecule has 2 saturated heterocycles. The SMILES string of the molecule is O=C(NC1CCN(CCO)CC1)c1cnn2ccc(N3CCC[C@@H]3c3cc(F)ccc3F)cc12. The number of likely N-dealkylation sites (tertiary alicyclic amines) is 1. The van der Waals surface area contributed by atoms with Gasteiger partial charge in [-0.1, -0.05) is 0 Å². The zero-order chi connectivity index (χ0) is 23.7. The molecule has 2 aliphatic rings. The van der Waals surface area contributed by atoms with Crippen molar-refractivity contribution in [1.29, 1.82) is 0 Å². The van der Waals surface area contributed by atoms with Gasteiger partial charge in [0.2, 0.25) is 0 Å². The van der Waals surface area contributed by atoms with Crippen molar-refractivity contribution in [3.05, 3.63) is 65.5 Å². The first-order chi connectivity index (χ1) is 16.5. The number of fused-ring (bicyclic) bond motifs is 1. The van der Waals surface area contributed by atoms with Crippen molar-refractivity contribution in [2.75, 3.05) is 37.7 Å². The number of hydrogen-bond acceptors (Lipinski definition) is 5. The molecule has 2 N–H and O–H groups in total. The van der Waals surface area contributed by atoms with Gasteiger partial charge >= 0.3 is 0 Å². The fourth-order valence-corrected chi connectivity index (χ4v) is 5.20. The van der Waals surface area contributed by atoms with Crippen LogP contribution in [0, 0.1) is 11.6 Å². The van der Waals surface area contributed by atoms with Gasteiger partial charge in [0.15, 0.2) is 0 Å². The van der Waals surface area contributed by atoms with Gasteiger partial charge in [-0.05, 0) is 56.0 Å². The second-order valence-electron chi connectivity index (χ2n) is 9.10. The van der Waals surface area contributed by atoms with Crippen molar-refractivity contribution in [3.8, 4) is 0 Å². The third-order valence-electron chi connectivity index (χ3n) is 6.99. The van der Waals surface area contributed by atoms with Gasteiger partial charge in [0.1, 0.15) is 11.6 Å². The van der Waals surface area contributed by atoms with Crippen LogP contribution < -0.4 is 10.2 Å². The highest BCUT2D eigenvalue weighted by molar-refractivity contribution is 6.01. The minimum Gasteiger partial charge on any atom is -0.395 e. The average Bonchev–Trinajstić information content (AvgIpc) is 3.49. The lowest BCUT2D eigenvalue weighted by molar-refractivity contribution is 0.0904. The summed E-state index contributed by atoms with van der Waals surface area (Å²) in [5.41, 5.74) is 2.38. The molecule has 0 radical (unpaired) electrons. The molecule has 3 aromatic rings. The summed E-state index contributed by atoms with van der Waals surface area (Å²) in [6.07, 6.45) is 6.64. The molecule has 34 heavy (non-hydrogen) atoms. The lowest BCUT2D eigenvalue weighted by atomic mass is 10.0. The summed E-state index contributed by atoms with van der Waals surface area (Å²) in [6.45, 7) is 3.22. The van der Waals surface area contributed by atoms with E-state index in [1.165, 1.54) is 12.1 Å². The van der Waals surface area contributed by atoms with E-state index in [-0.39, 0.29) is 24.6 Å². The summed E-state index contributed by atoms with van der Waals surface area (Å²) in [6, 6.07) is 7.22. The van der Waals surface area contributed by atoms with Gasteiger partial charge < -0.3 is 20.2 Å². The number of aromatic nitrogens is 2. The lowest BCUT2D eigenvalue weighted by Crippen LogP contribution is -2.45. The summed E-state index contributed by atoms with van der Waals surface area (Å²) in [5.74, 6) is -1.02. The molecule has 1 amide bonds. The van der Waals surface area contributed by atoms with E-state index in [4.69, 9.17) is 5.11 Å². The number of halogens is 2. The van der Waals surface area contributed by atoms with Crippen LogP contribution in [0.2, 0.25) is 0 Å². The van der Waals surface area contributed by atoms with Crippen LogP contribution >= 0.6 is 0 Å². The number of rotatable bonds is 6. The largest absolute Gasteiger partial charge is 0.395 e. The van der Waals surface area contributed by atoms with Crippen LogP contribution in [0.4, 0.5) is 14.5 Å². The van der Waals surface area contributed by atoms with Crippen LogP contribution in [0.25, 0.3) is 5.52 Å². The van der Waals surface area contributed by atoms with E-state index in [1.54, 1.807) is 16.9 Å². The van der Waals surface area contributed by atoms with Crippen molar-refractivity contribution >= 4 is 17.1 Å². The topological polar surface area (TPSA) is 73.1 Å². The number of β-amino-alcohol motifs (C(OH)–C–C–N with tert-alkyl or cyclic N) is 1. The van der Waals surface area contributed by atoms with E-state index in [9.17, 15) is 13.6 Å². The van der Waals surface area contributed by atoms with Gasteiger partial charge in [-0.25, -0.2) is 13.3 Å². The maximum Gasteiger partial charge on any atom is 0.255 e. The summed E-state index contributed by atoms with van der Waals surface area (Å²) in [5, 5.41) is 16.6. The molecule has 2 aromatic heterocycles. The van der Waals surface area contributed by atoms with Crippen molar-refractivity contribution in [3.63, 3.8) is 0 Å². The first kappa shape index (κ1) is 22.7. The van der Waals surface area contributed by atoms with Crippen LogP contribution in [0.3, 0.4) is 0 Å². The number of anilines is 1. The van der Waals surface area contributed by atoms with E-state index in [0.717, 1.165) is 57.1 Å². The van der Waals surface area contributed by atoms with Crippen LogP contribution in [-0.4, -0.2) is 64.4 Å². The number of carbonyl (C=O) groups is 1. The fourth-order valence-electron chi connectivity index (χ4n) is 5.20. The third-order valence-corrected chi connectivity index (χ3v) is 6.99. The molecule has 1 aromatic carbocycles. The third kappa shape index (κ3) is 4.50. The van der Waals surface area contributed by atoms with E-state index >= 15 is 0 Å². The number of carbonyl (C=O) groups excluding carboxylic acids is 1. The normalized spacial score (nSPS) is 19.7. The second-order valence-corrected chi connectivity index (χ2v) is 9.10. The zero-order valence-electron chi connectivity index (χ0n) is 19.0. The molecule has 4 heterocycles. The Balaban J connectivity index is 1.36. The van der Waals surface area contributed by atoms with Crippen LogP contribution in [0.1, 0.15) is 47.6 Å². The number of nitrogens with zero attached hydrogens (tertiary/aromatic N) is 4. The Labute approximate surface area is 197 Å². The Morgan fingerprint density at radius 1 is 1.12 bits per heavy atom. The summed E-state index contributed by atoms with van der Waals surface area (Å²) in [4.78, 5) is 17.3. The van der Waals surface area contributed by atoms with Gasteiger partial charge in [0, 0.05) is 49.7 Å². The highest BCUT2D eigenvalue weighted by Gasteiger charge is 2.29. The van der Waals surface area contributed by atoms with Gasteiger partial charge in [-0.15, -0.1) is 0 Å². The molecule has 2 fully saturated rings. The number of hydrogen-bond donors (Lipinski definition) is 2. The number of benzene rings is 1. The Hall–Kier alpha value is -3.04. The van der Waals surface area contributed by atoms with Crippen molar-refractivity contribution in [1.82, 2.24) is 19.8 Å². The Bertz CT molecular complexity index is 1180. The fraction of sp³-hybridized carbons (Fsp3) is 0.440. The molecule has 0 saturated carbocycles. The maximum atomic E-state index is 14.5. The van der Waals surface area contributed by atoms with Crippen LogP contribution in [-0.2, 0) is 0 Å². The smallest absolute Gasteiger partial charge is 0.255 e. The first-order valence-electron chi connectivity index (χ1n) is 11.9. The monoisotopic (exact) mass is 469 g/mol. The van der Waals surface area contributed by atoms with Crippen LogP contribution in [0.15, 0.2) is 42.7 Å². The predicted molar refractivity (Wildman–Crippen MR) is 125 cm³/mol. The first-order valence-corrected chi connectivity index (χ1v) is 11.9. The highest BCUT2D eigenvalue weighted by atomic mass is 19.1. The molecule has 180 valence electrons. The number of aliphatic hydroxyl groups is 1. The highest BCUT2D eigenvalue weighted by Crippen LogP contribution is 2.38. The average molecular weight is 470 g/mol. The number of piperidine rings is 1. The van der Waals surface area contributed by atoms with Crippen LogP contribution in [0.5, 0.6) is 0 Å². The molecule has 0 spiro atoms. The van der Waals surface area contributed by atoms with E-state index < -0.39 is 11.6 Å². The maximum absolute atomic E-state index is 14.5. The molecule has 7 nitrogen and oxygen atoms in total. The number of amides is 1. The molecule has 5 rings (SSSR count). The standard InChI is InChI=1S/C25H29F2N5O2/c26-17-3-4-22(27)20(14-17)23-2-1-8-31(23)19-7-11-32-24(15-19)21(16-28-32)25(34)29-18-5-9-30(10-6-18)12-13-33/h3-4,7,11,14-16,18,23,33H,1-2,5-6,8-10,12-13H2,(H,29,34)/t23-/m1/s1. The predicted octanol–water partition coefficient (Wildman–Crippen LogP) is 3.14. The minimum atomic E-state index is -0.448. The molecular weight excluding hydrogens is 440 g/mol. The number of nitrogens with one attached hydrogen (secondary N) is 1. The van der Waals surface area contributed by atoms with Crippen molar-refractivity contribution < 1.29 is 18.7 Å². The van der Waals surface area contributed by atoms with Gasteiger partial charge in [0.05, 0.1) is 29.9 Å². The van der Waals surface area contributed by atoms with Crippen molar-refractivity contribution in [2.45, 2.75) is 37.8 Å². The van der Waals surface area contributed by atoms with Gasteiger partial charge in [0.25, 0.3) is 5.91 Å². The molecule has 0 aliphatic carbocycles. The Morgan fingerprint density at radius 2 is 1.94 bits per heavy atom. The quantitative estimate of drug-likeness (QED) is 0.580. The number of aliphatic hydroxyl groups excluding tert-OH is 1. The molecule has 0 bridgehead atoms. The van der Waals surface area contributed by atoms with Crippen molar-refractivity contribution in [2.24, 2.45) is 0 Å². The number of pyridine rings is 1. The van der Waals surface area contributed by atoms with Gasteiger partial charge in [-0.3, -0.25) is 4.79 Å². The Morgan fingerprint density at radius 3 is 2.74 bits per heavy atom. The van der Waals surface area contributed by atoms with Gasteiger partial charge in [-0.2, -0.15) is 5.10 Å². The summed E-state index contributed by atoms with van der Waals surface area (Å²) < 4.78 is 30.0. The summed E-state index contributed by atoms with van der Waals surface area (Å²) >= 11 is 0. The Kier molecular flexibility index (Phi) is 6.47. The second kappa shape index (κ2) is 9.68. The molecular formula is C25H29F2N5O2. The minimum absolute atomic E-state index is 0.0829.